The molecule has 178 valence electrons. The molecule has 0 bridgehead atoms. The Bertz CT molecular complexity index is 1600. The molecule has 11 heteroatoms. The molecule has 0 saturated carbocycles. The lowest BCUT2D eigenvalue weighted by Gasteiger charge is -2.23. The molecule has 5 rings (SSSR count). The lowest BCUT2D eigenvalue weighted by molar-refractivity contribution is 0.463. The van der Waals surface area contributed by atoms with E-state index in [1.807, 2.05) is 0 Å². The zero-order valence-corrected chi connectivity index (χ0v) is 20.5. The predicted molar refractivity (Wildman–Crippen MR) is 131 cm³/mol. The number of halogens is 3. The van der Waals surface area contributed by atoms with Crippen LogP contribution in [-0.4, -0.2) is 27.6 Å². The van der Waals surface area contributed by atoms with Gasteiger partial charge in [0.25, 0.3) is 10.0 Å². The zero-order chi connectivity index (χ0) is 24.6. The first kappa shape index (κ1) is 23.2. The van der Waals surface area contributed by atoms with E-state index in [1.165, 1.54) is 24.3 Å². The van der Waals surface area contributed by atoms with Crippen molar-refractivity contribution in [1.29, 1.82) is 0 Å². The zero-order valence-electron chi connectivity index (χ0n) is 18.1. The average Bonchev–Trinajstić information content (AvgIpc) is 3.52. The van der Waals surface area contributed by atoms with Gasteiger partial charge >= 0.3 is 0 Å². The summed E-state index contributed by atoms with van der Waals surface area (Å²) in [4.78, 5) is 4.55. The van der Waals surface area contributed by atoms with Crippen molar-refractivity contribution in [2.24, 2.45) is 0 Å². The third-order valence-electron chi connectivity index (χ3n) is 5.47. The summed E-state index contributed by atoms with van der Waals surface area (Å²) in [5.74, 6) is -0.535. The predicted octanol–water partition coefficient (Wildman–Crippen LogP) is 5.29. The minimum Gasteiger partial charge on any atom is -0.292 e. The molecule has 3 heterocycles. The number of fused-ring (bicyclic) bond motifs is 1. The summed E-state index contributed by atoms with van der Waals surface area (Å²) in [6.45, 7) is -1.18. The highest BCUT2D eigenvalue weighted by atomic mass is 79.9. The summed E-state index contributed by atoms with van der Waals surface area (Å²) in [5.41, 5.74) is 1.50. The molecule has 0 amide bonds. The van der Waals surface area contributed by atoms with E-state index in [9.17, 15) is 17.2 Å². The van der Waals surface area contributed by atoms with Crippen molar-refractivity contribution in [2.75, 3.05) is 4.31 Å². The highest BCUT2D eigenvalue weighted by Crippen LogP contribution is 2.33. The summed E-state index contributed by atoms with van der Waals surface area (Å²) in [6, 6.07) is 17.3. The smallest absolute Gasteiger partial charge is 0.265 e. The van der Waals surface area contributed by atoms with Crippen LogP contribution >= 0.6 is 15.9 Å². The van der Waals surface area contributed by atoms with E-state index in [4.69, 9.17) is 0 Å². The van der Waals surface area contributed by atoms with Gasteiger partial charge in [-0.05, 0) is 76.1 Å². The normalized spacial score (nSPS) is 11.7. The first-order valence-electron chi connectivity index (χ1n) is 10.5. The number of alkyl halides is 1. The Balaban J connectivity index is 1.61. The van der Waals surface area contributed by atoms with Crippen molar-refractivity contribution in [3.8, 4) is 5.69 Å². The summed E-state index contributed by atoms with van der Waals surface area (Å²) in [6.07, 6.45) is 5.13. The Morgan fingerprint density at radius 2 is 1.80 bits per heavy atom. The molecule has 3 aromatic heterocycles. The van der Waals surface area contributed by atoms with E-state index < -0.39 is 22.5 Å². The molecular weight excluding hydrogens is 540 g/mol. The van der Waals surface area contributed by atoms with Gasteiger partial charge < -0.3 is 0 Å². The van der Waals surface area contributed by atoms with E-state index in [0.717, 1.165) is 10.4 Å². The quantitative estimate of drug-likeness (QED) is 0.272. The maximum Gasteiger partial charge on any atom is 0.265 e. The van der Waals surface area contributed by atoms with Crippen LogP contribution in [0.5, 0.6) is 0 Å². The Morgan fingerprint density at radius 1 is 1.00 bits per heavy atom. The largest absolute Gasteiger partial charge is 0.292 e. The maximum absolute atomic E-state index is 13.9. The Labute approximate surface area is 208 Å². The van der Waals surface area contributed by atoms with Gasteiger partial charge in [0.1, 0.15) is 22.7 Å². The summed E-state index contributed by atoms with van der Waals surface area (Å²) in [5, 5.41) is 4.15. The topological polar surface area (TPSA) is 72.5 Å². The van der Waals surface area contributed by atoms with E-state index in [0.29, 0.717) is 21.5 Å². The van der Waals surface area contributed by atoms with E-state index in [1.54, 1.807) is 64.1 Å². The number of pyridine rings is 1. The third-order valence-corrected chi connectivity index (χ3v) is 7.95. The van der Waals surface area contributed by atoms with Crippen LogP contribution in [0.15, 0.2) is 94.8 Å². The van der Waals surface area contributed by atoms with Gasteiger partial charge in [-0.1, -0.05) is 12.1 Å². The van der Waals surface area contributed by atoms with Crippen LogP contribution in [0.2, 0.25) is 0 Å². The first-order valence-corrected chi connectivity index (χ1v) is 12.7. The summed E-state index contributed by atoms with van der Waals surface area (Å²) in [7, 11) is -4.13. The van der Waals surface area contributed by atoms with Crippen LogP contribution in [0.3, 0.4) is 0 Å². The van der Waals surface area contributed by atoms with Crippen molar-refractivity contribution in [2.45, 2.75) is 18.1 Å². The van der Waals surface area contributed by atoms with Crippen LogP contribution in [-0.2, 0) is 23.2 Å². The number of benzene rings is 2. The molecule has 0 aliphatic carbocycles. The van der Waals surface area contributed by atoms with E-state index in [-0.39, 0.29) is 22.8 Å². The number of nitrogens with zero attached hydrogens (tertiary/aromatic N) is 5. The second kappa shape index (κ2) is 9.23. The van der Waals surface area contributed by atoms with Crippen molar-refractivity contribution in [3.63, 3.8) is 0 Å². The number of hydrogen-bond acceptors (Lipinski definition) is 4. The fourth-order valence-corrected chi connectivity index (χ4v) is 5.83. The van der Waals surface area contributed by atoms with Crippen molar-refractivity contribution in [3.05, 3.63) is 107 Å². The molecule has 2 aromatic carbocycles. The van der Waals surface area contributed by atoms with Gasteiger partial charge in [-0.3, -0.25) is 4.40 Å². The minimum atomic E-state index is -4.13. The molecule has 0 atom stereocenters. The fraction of sp³-hybridized carbons (Fsp3) is 0.0833. The Kier molecular flexibility index (Phi) is 6.12. The van der Waals surface area contributed by atoms with Crippen molar-refractivity contribution in [1.82, 2.24) is 19.2 Å². The number of aromatic nitrogens is 4. The number of imidazole rings is 1. The second-order valence-corrected chi connectivity index (χ2v) is 10.3. The van der Waals surface area contributed by atoms with Crippen LogP contribution in [0.4, 0.5) is 14.6 Å². The average molecular weight is 558 g/mol. The van der Waals surface area contributed by atoms with Crippen molar-refractivity contribution >= 4 is 37.4 Å². The van der Waals surface area contributed by atoms with Gasteiger partial charge in [-0.2, -0.15) is 5.10 Å². The Hall–Kier alpha value is -3.57. The molecule has 5 aromatic rings. The van der Waals surface area contributed by atoms with Crippen LogP contribution in [0.25, 0.3) is 11.3 Å². The Morgan fingerprint density at radius 3 is 2.49 bits per heavy atom. The lowest BCUT2D eigenvalue weighted by Crippen LogP contribution is -2.31. The first-order chi connectivity index (χ1) is 16.9. The number of sulfonamides is 1. The molecule has 35 heavy (non-hydrogen) atoms. The van der Waals surface area contributed by atoms with E-state index in [2.05, 4.69) is 26.0 Å². The van der Waals surface area contributed by atoms with Gasteiger partial charge in [-0.15, -0.1) is 0 Å². The number of rotatable bonds is 7. The molecule has 0 aliphatic rings. The monoisotopic (exact) mass is 557 g/mol. The molecule has 0 aliphatic heterocycles. The van der Waals surface area contributed by atoms with Gasteiger partial charge in [0.2, 0.25) is 0 Å². The van der Waals surface area contributed by atoms with Crippen LogP contribution in [0, 0.1) is 5.82 Å². The van der Waals surface area contributed by atoms with Crippen LogP contribution < -0.4 is 4.31 Å². The molecule has 0 radical (unpaired) electrons. The van der Waals surface area contributed by atoms with Gasteiger partial charge in [-0.25, -0.2) is 31.2 Å². The number of anilines is 1. The SMILES string of the molecule is O=S(=O)(c1ccc(-n2cccn2)cc1)N(Cc1ccc(F)c(CF)c1)c1nc2ccccn2c1Br. The van der Waals surface area contributed by atoms with Gasteiger partial charge in [0.15, 0.2) is 5.82 Å². The molecular formula is C24H18BrF2N5O2S. The highest BCUT2D eigenvalue weighted by Gasteiger charge is 2.30. The molecule has 0 N–H and O–H groups in total. The van der Waals surface area contributed by atoms with Crippen LogP contribution in [0.1, 0.15) is 11.1 Å². The second-order valence-electron chi connectivity index (χ2n) is 7.67. The third kappa shape index (κ3) is 4.32. The standard InChI is InChI=1S/C24H18BrF2N5O2S/c25-23-24(29-22-4-1-2-12-30(22)23)32(16-17-5-10-21(27)18(14-17)15-26)35(33,34)20-8-6-19(7-9-20)31-13-3-11-28-31/h1-14H,15-16H2. The lowest BCUT2D eigenvalue weighted by atomic mass is 10.1. The van der Waals surface area contributed by atoms with Gasteiger partial charge in [0.05, 0.1) is 17.1 Å². The highest BCUT2D eigenvalue weighted by molar-refractivity contribution is 9.10. The van der Waals surface area contributed by atoms with Gasteiger partial charge in [0, 0.05) is 24.2 Å². The summed E-state index contributed by atoms with van der Waals surface area (Å²) < 4.78 is 59.8. The minimum absolute atomic E-state index is 0.0326. The summed E-state index contributed by atoms with van der Waals surface area (Å²) >= 11 is 3.47. The van der Waals surface area contributed by atoms with E-state index >= 15 is 0 Å². The van der Waals surface area contributed by atoms with Crippen molar-refractivity contribution < 1.29 is 17.2 Å². The maximum atomic E-state index is 13.9. The molecule has 0 fully saturated rings. The molecule has 7 nitrogen and oxygen atoms in total. The molecule has 0 saturated heterocycles. The molecule has 0 unspecified atom stereocenters. The fourth-order valence-electron chi connectivity index (χ4n) is 3.70. The number of hydrogen-bond donors (Lipinski definition) is 0. The molecule has 0 spiro atoms.